The van der Waals surface area contributed by atoms with Crippen molar-refractivity contribution < 1.29 is 4.79 Å². The van der Waals surface area contributed by atoms with Gasteiger partial charge < -0.3 is 4.90 Å². The summed E-state index contributed by atoms with van der Waals surface area (Å²) in [4.78, 5) is 32.4. The second-order valence-electron chi connectivity index (χ2n) is 7.10. The smallest absolute Gasteiger partial charge is 0.262 e. The third kappa shape index (κ3) is 3.33. The largest absolute Gasteiger partial charge is 0.308 e. The van der Waals surface area contributed by atoms with Crippen molar-refractivity contribution in [2.75, 3.05) is 10.7 Å². The first-order chi connectivity index (χ1) is 13.6. The molecular weight excluding hydrogens is 370 g/mol. The third-order valence-electron chi connectivity index (χ3n) is 5.07. The van der Waals surface area contributed by atoms with Crippen LogP contribution >= 0.6 is 11.8 Å². The van der Waals surface area contributed by atoms with E-state index < -0.39 is 0 Å². The number of anilines is 1. The van der Waals surface area contributed by atoms with Crippen LogP contribution in [0.3, 0.4) is 0 Å². The highest BCUT2D eigenvalue weighted by molar-refractivity contribution is 7.99. The van der Waals surface area contributed by atoms with E-state index in [2.05, 4.69) is 18.0 Å². The van der Waals surface area contributed by atoms with Crippen molar-refractivity contribution in [1.29, 1.82) is 0 Å². The molecule has 0 saturated heterocycles. The molecule has 0 radical (unpaired) electrons. The Labute approximate surface area is 168 Å². The first-order valence-corrected chi connectivity index (χ1v) is 10.6. The molecule has 1 unspecified atom stereocenters. The number of aromatic nitrogens is 2. The molecule has 1 aromatic heterocycles. The molecule has 0 aliphatic carbocycles. The van der Waals surface area contributed by atoms with E-state index in [9.17, 15) is 9.59 Å². The van der Waals surface area contributed by atoms with Gasteiger partial charge in [0.15, 0.2) is 5.16 Å². The molecule has 5 nitrogen and oxygen atoms in total. The molecule has 28 heavy (non-hydrogen) atoms. The summed E-state index contributed by atoms with van der Waals surface area (Å²) in [5.74, 6) is 0.306. The van der Waals surface area contributed by atoms with Crippen LogP contribution in [0.15, 0.2) is 58.5 Å². The van der Waals surface area contributed by atoms with Crippen molar-refractivity contribution in [3.05, 3.63) is 64.4 Å². The molecule has 0 N–H and O–H groups in total. The second kappa shape index (κ2) is 7.80. The number of amides is 1. The molecule has 0 bridgehead atoms. The van der Waals surface area contributed by atoms with Gasteiger partial charge in [0, 0.05) is 18.3 Å². The molecular formula is C22H23N3O2S. The van der Waals surface area contributed by atoms with Crippen LogP contribution in [0.5, 0.6) is 0 Å². The second-order valence-corrected chi connectivity index (χ2v) is 8.05. The number of rotatable bonds is 5. The Morgan fingerprint density at radius 1 is 1.18 bits per heavy atom. The van der Waals surface area contributed by atoms with Gasteiger partial charge in [-0.3, -0.25) is 14.2 Å². The van der Waals surface area contributed by atoms with Crippen molar-refractivity contribution in [3.63, 3.8) is 0 Å². The molecule has 0 saturated carbocycles. The molecule has 144 valence electrons. The zero-order valence-electron chi connectivity index (χ0n) is 16.1. The van der Waals surface area contributed by atoms with Crippen molar-refractivity contribution >= 4 is 34.3 Å². The number of hydrogen-bond acceptors (Lipinski definition) is 4. The van der Waals surface area contributed by atoms with Crippen LogP contribution in [-0.4, -0.2) is 27.3 Å². The van der Waals surface area contributed by atoms with Crippen LogP contribution < -0.4 is 10.5 Å². The standard InChI is InChI=1S/C22H23N3O2S/c1-3-12-24-21(27)17-9-5-6-10-18(17)23-22(24)28-14-20(26)25-15(2)13-16-8-4-7-11-19(16)25/h4-11,15H,3,12-14H2,1-2H3. The zero-order chi connectivity index (χ0) is 19.7. The van der Waals surface area contributed by atoms with Gasteiger partial charge in [-0.15, -0.1) is 0 Å². The number of hydrogen-bond donors (Lipinski definition) is 0. The molecule has 6 heteroatoms. The first-order valence-electron chi connectivity index (χ1n) is 9.62. The molecule has 1 aliphatic rings. The summed E-state index contributed by atoms with van der Waals surface area (Å²) in [6.07, 6.45) is 1.71. The van der Waals surface area contributed by atoms with Crippen molar-refractivity contribution in [2.24, 2.45) is 0 Å². The number of thioether (sulfide) groups is 1. The van der Waals surface area contributed by atoms with Gasteiger partial charge in [0.1, 0.15) is 0 Å². The monoisotopic (exact) mass is 393 g/mol. The van der Waals surface area contributed by atoms with E-state index >= 15 is 0 Å². The molecule has 0 fully saturated rings. The fourth-order valence-electron chi connectivity index (χ4n) is 3.82. The molecule has 1 atom stereocenters. The van der Waals surface area contributed by atoms with Gasteiger partial charge >= 0.3 is 0 Å². The van der Waals surface area contributed by atoms with Crippen molar-refractivity contribution in [1.82, 2.24) is 9.55 Å². The van der Waals surface area contributed by atoms with E-state index in [1.807, 2.05) is 48.2 Å². The van der Waals surface area contributed by atoms with Gasteiger partial charge in [-0.25, -0.2) is 4.98 Å². The highest BCUT2D eigenvalue weighted by atomic mass is 32.2. The highest BCUT2D eigenvalue weighted by Gasteiger charge is 2.30. The zero-order valence-corrected chi connectivity index (χ0v) is 16.9. The number of carbonyl (C=O) groups is 1. The maximum atomic E-state index is 13.0. The van der Waals surface area contributed by atoms with Crippen LogP contribution in [0.4, 0.5) is 5.69 Å². The van der Waals surface area contributed by atoms with Gasteiger partial charge in [0.2, 0.25) is 5.91 Å². The van der Waals surface area contributed by atoms with Gasteiger partial charge in [0.05, 0.1) is 16.7 Å². The summed E-state index contributed by atoms with van der Waals surface area (Å²) in [7, 11) is 0. The van der Waals surface area contributed by atoms with Crippen molar-refractivity contribution in [2.45, 2.75) is 44.4 Å². The fourth-order valence-corrected chi connectivity index (χ4v) is 4.70. The number of benzene rings is 2. The highest BCUT2D eigenvalue weighted by Crippen LogP contribution is 2.32. The van der Waals surface area contributed by atoms with Gasteiger partial charge in [0.25, 0.3) is 5.56 Å². The van der Waals surface area contributed by atoms with E-state index in [1.165, 1.54) is 17.3 Å². The minimum Gasteiger partial charge on any atom is -0.308 e. The van der Waals surface area contributed by atoms with E-state index in [0.29, 0.717) is 22.6 Å². The Hall–Kier alpha value is -2.60. The molecule has 1 amide bonds. The number of nitrogens with zero attached hydrogens (tertiary/aromatic N) is 3. The molecule has 0 spiro atoms. The topological polar surface area (TPSA) is 55.2 Å². The van der Waals surface area contributed by atoms with E-state index in [0.717, 1.165) is 18.5 Å². The maximum absolute atomic E-state index is 13.0. The Kier molecular flexibility index (Phi) is 5.22. The van der Waals surface area contributed by atoms with Crippen LogP contribution in [-0.2, 0) is 17.8 Å². The molecule has 2 aromatic carbocycles. The van der Waals surface area contributed by atoms with Crippen LogP contribution in [0.1, 0.15) is 25.8 Å². The lowest BCUT2D eigenvalue weighted by molar-refractivity contribution is -0.116. The van der Waals surface area contributed by atoms with E-state index in [4.69, 9.17) is 0 Å². The Bertz CT molecular complexity index is 1090. The summed E-state index contributed by atoms with van der Waals surface area (Å²) in [6.45, 7) is 4.70. The van der Waals surface area contributed by atoms with E-state index in [1.54, 1.807) is 10.6 Å². The Morgan fingerprint density at radius 3 is 2.75 bits per heavy atom. The number of fused-ring (bicyclic) bond motifs is 2. The fraction of sp³-hybridized carbons (Fsp3) is 0.318. The molecule has 4 rings (SSSR count). The summed E-state index contributed by atoms with van der Waals surface area (Å²) in [5, 5.41) is 1.23. The lowest BCUT2D eigenvalue weighted by Crippen LogP contribution is -2.37. The van der Waals surface area contributed by atoms with Crippen LogP contribution in [0.2, 0.25) is 0 Å². The summed E-state index contributed by atoms with van der Waals surface area (Å²) >= 11 is 1.35. The van der Waals surface area contributed by atoms with Gasteiger partial charge in [-0.2, -0.15) is 0 Å². The average molecular weight is 394 g/mol. The predicted molar refractivity (Wildman–Crippen MR) is 114 cm³/mol. The minimum atomic E-state index is -0.0396. The van der Waals surface area contributed by atoms with Crippen molar-refractivity contribution in [3.8, 4) is 0 Å². The molecule has 2 heterocycles. The lowest BCUT2D eigenvalue weighted by Gasteiger charge is -2.22. The van der Waals surface area contributed by atoms with Gasteiger partial charge in [-0.05, 0) is 43.5 Å². The first kappa shape index (κ1) is 18.7. The van der Waals surface area contributed by atoms with Gasteiger partial charge in [-0.1, -0.05) is 49.0 Å². The average Bonchev–Trinajstić information content (AvgIpc) is 3.04. The Morgan fingerprint density at radius 2 is 1.93 bits per heavy atom. The lowest BCUT2D eigenvalue weighted by atomic mass is 10.1. The maximum Gasteiger partial charge on any atom is 0.262 e. The Balaban J connectivity index is 1.61. The quantitative estimate of drug-likeness (QED) is 0.488. The summed E-state index contributed by atoms with van der Waals surface area (Å²) in [5.41, 5.74) is 2.84. The summed E-state index contributed by atoms with van der Waals surface area (Å²) in [6, 6.07) is 15.6. The predicted octanol–water partition coefficient (Wildman–Crippen LogP) is 3.88. The van der Waals surface area contributed by atoms with Crippen LogP contribution in [0.25, 0.3) is 10.9 Å². The number of para-hydroxylation sites is 2. The normalized spacial score (nSPS) is 15.8. The molecule has 3 aromatic rings. The third-order valence-corrected chi connectivity index (χ3v) is 6.04. The number of carbonyl (C=O) groups excluding carboxylic acids is 1. The minimum absolute atomic E-state index is 0.0396. The summed E-state index contributed by atoms with van der Waals surface area (Å²) < 4.78 is 1.70. The molecule has 1 aliphatic heterocycles. The van der Waals surface area contributed by atoms with E-state index in [-0.39, 0.29) is 23.3 Å². The van der Waals surface area contributed by atoms with Crippen LogP contribution in [0, 0.1) is 0 Å². The SMILES string of the molecule is CCCn1c(SCC(=O)N2c3ccccc3CC2C)nc2ccccc2c1=O.